The molecule has 0 atom stereocenters. The molecule has 2 aromatic carbocycles. The Morgan fingerprint density at radius 3 is 2.40 bits per heavy atom. The van der Waals surface area contributed by atoms with Gasteiger partial charge in [-0.05, 0) is 35.9 Å². The number of anilines is 1. The zero-order valence-corrected chi connectivity index (χ0v) is 16.3. The van der Waals surface area contributed by atoms with Crippen LogP contribution in [-0.2, 0) is 11.3 Å². The lowest BCUT2D eigenvalue weighted by molar-refractivity contribution is -0.114. The van der Waals surface area contributed by atoms with Crippen LogP contribution in [0.25, 0.3) is 5.69 Å². The zero-order valence-electron chi connectivity index (χ0n) is 15.5. The maximum Gasteiger partial charge on any atom is 0.362 e. The van der Waals surface area contributed by atoms with Crippen LogP contribution in [0.4, 0.5) is 5.69 Å². The molecule has 0 saturated carbocycles. The van der Waals surface area contributed by atoms with E-state index in [9.17, 15) is 29.4 Å². The standard InChI is InChI=1S/C19H15ClN4O6/c1-10(25)21-13-6-7-15(26)14(8-13)24-19(30)23(17(27)16(22-24)18(28)29)9-11-2-4-12(20)5-3-11/h2-8,26H,9H2,1H3,(H,21,25)(H,28,29). The van der Waals surface area contributed by atoms with Gasteiger partial charge in [-0.15, -0.1) is 0 Å². The third-order valence-electron chi connectivity index (χ3n) is 4.04. The summed E-state index contributed by atoms with van der Waals surface area (Å²) in [6.07, 6.45) is 0. The number of benzene rings is 2. The van der Waals surface area contributed by atoms with E-state index in [4.69, 9.17) is 11.6 Å². The molecule has 0 aliphatic carbocycles. The first-order chi connectivity index (χ1) is 14.2. The minimum absolute atomic E-state index is 0.210. The van der Waals surface area contributed by atoms with E-state index in [1.54, 1.807) is 24.3 Å². The lowest BCUT2D eigenvalue weighted by Crippen LogP contribution is -2.44. The number of hydrogen-bond acceptors (Lipinski definition) is 6. The third-order valence-corrected chi connectivity index (χ3v) is 4.29. The van der Waals surface area contributed by atoms with Crippen molar-refractivity contribution in [2.24, 2.45) is 0 Å². The highest BCUT2D eigenvalue weighted by molar-refractivity contribution is 6.30. The quantitative estimate of drug-likeness (QED) is 0.520. The highest BCUT2D eigenvalue weighted by Crippen LogP contribution is 2.23. The summed E-state index contributed by atoms with van der Waals surface area (Å²) in [5.74, 6) is -2.45. The van der Waals surface area contributed by atoms with Crippen LogP contribution in [0.1, 0.15) is 23.0 Å². The highest BCUT2D eigenvalue weighted by atomic mass is 35.5. The van der Waals surface area contributed by atoms with E-state index < -0.39 is 34.6 Å². The Bertz CT molecular complexity index is 1260. The van der Waals surface area contributed by atoms with Gasteiger partial charge in [0.15, 0.2) is 0 Å². The number of hydrogen-bond donors (Lipinski definition) is 3. The highest BCUT2D eigenvalue weighted by Gasteiger charge is 2.21. The van der Waals surface area contributed by atoms with Crippen molar-refractivity contribution in [1.82, 2.24) is 14.3 Å². The molecule has 0 aliphatic rings. The van der Waals surface area contributed by atoms with Crippen molar-refractivity contribution in [3.05, 3.63) is 79.6 Å². The Balaban J connectivity index is 2.23. The number of phenolic OH excluding ortho intramolecular Hbond substituents is 1. The summed E-state index contributed by atoms with van der Waals surface area (Å²) in [5, 5.41) is 26.1. The molecule has 0 saturated heterocycles. The predicted octanol–water partition coefficient (Wildman–Crippen LogP) is 1.46. The molecule has 154 valence electrons. The third kappa shape index (κ3) is 4.23. The van der Waals surface area contributed by atoms with Crippen molar-refractivity contribution in [2.45, 2.75) is 13.5 Å². The van der Waals surface area contributed by atoms with E-state index in [0.717, 1.165) is 0 Å². The van der Waals surface area contributed by atoms with Gasteiger partial charge < -0.3 is 15.5 Å². The van der Waals surface area contributed by atoms with Crippen LogP contribution < -0.4 is 16.6 Å². The number of amides is 1. The van der Waals surface area contributed by atoms with Gasteiger partial charge in [-0.2, -0.15) is 9.78 Å². The van der Waals surface area contributed by atoms with E-state index in [1.807, 2.05) is 0 Å². The molecule has 1 heterocycles. The molecule has 0 bridgehead atoms. The van der Waals surface area contributed by atoms with Gasteiger partial charge in [0.2, 0.25) is 11.6 Å². The van der Waals surface area contributed by atoms with Gasteiger partial charge in [-0.3, -0.25) is 14.2 Å². The molecular weight excluding hydrogens is 416 g/mol. The summed E-state index contributed by atoms with van der Waals surface area (Å²) in [6.45, 7) is 1.02. The van der Waals surface area contributed by atoms with Gasteiger partial charge in [0.05, 0.1) is 6.54 Å². The fourth-order valence-corrected chi connectivity index (χ4v) is 2.82. The maximum absolute atomic E-state index is 13.0. The number of carbonyl (C=O) groups excluding carboxylic acids is 1. The van der Waals surface area contributed by atoms with E-state index in [-0.39, 0.29) is 17.9 Å². The Morgan fingerprint density at radius 2 is 1.80 bits per heavy atom. The molecule has 3 rings (SSSR count). The Morgan fingerprint density at radius 1 is 1.13 bits per heavy atom. The molecule has 3 N–H and O–H groups in total. The predicted molar refractivity (Wildman–Crippen MR) is 108 cm³/mol. The summed E-state index contributed by atoms with van der Waals surface area (Å²) in [6, 6.07) is 10.1. The number of carbonyl (C=O) groups is 2. The van der Waals surface area contributed by atoms with Crippen molar-refractivity contribution < 1.29 is 19.8 Å². The lowest BCUT2D eigenvalue weighted by Gasteiger charge is -2.13. The van der Waals surface area contributed by atoms with Gasteiger partial charge in [-0.25, -0.2) is 9.59 Å². The van der Waals surface area contributed by atoms with Crippen molar-refractivity contribution >= 4 is 29.2 Å². The Labute approximate surface area is 173 Å². The van der Waals surface area contributed by atoms with Crippen LogP contribution in [0.2, 0.25) is 5.02 Å². The smallest absolute Gasteiger partial charge is 0.362 e. The van der Waals surface area contributed by atoms with Crippen LogP contribution in [-0.4, -0.2) is 36.4 Å². The average molecular weight is 431 g/mol. The van der Waals surface area contributed by atoms with Crippen molar-refractivity contribution in [3.63, 3.8) is 0 Å². The number of aromatic carboxylic acids is 1. The zero-order chi connectivity index (χ0) is 22.0. The molecule has 10 nitrogen and oxygen atoms in total. The lowest BCUT2D eigenvalue weighted by atomic mass is 10.2. The largest absolute Gasteiger partial charge is 0.506 e. The summed E-state index contributed by atoms with van der Waals surface area (Å²) >= 11 is 5.84. The number of aromatic hydroxyl groups is 1. The molecule has 0 spiro atoms. The van der Waals surface area contributed by atoms with E-state index in [1.165, 1.54) is 25.1 Å². The summed E-state index contributed by atoms with van der Waals surface area (Å²) in [4.78, 5) is 48.3. The first kappa shape index (κ1) is 20.8. The first-order valence-corrected chi connectivity index (χ1v) is 8.88. The number of nitrogens with zero attached hydrogens (tertiary/aromatic N) is 3. The Kier molecular flexibility index (Phi) is 5.70. The van der Waals surface area contributed by atoms with Gasteiger partial charge in [0, 0.05) is 17.6 Å². The average Bonchev–Trinajstić information content (AvgIpc) is 2.68. The van der Waals surface area contributed by atoms with Crippen LogP contribution in [0, 0.1) is 0 Å². The monoisotopic (exact) mass is 430 g/mol. The first-order valence-electron chi connectivity index (χ1n) is 8.50. The van der Waals surface area contributed by atoms with Crippen LogP contribution in [0.15, 0.2) is 52.1 Å². The van der Waals surface area contributed by atoms with Crippen molar-refractivity contribution in [3.8, 4) is 11.4 Å². The second-order valence-corrected chi connectivity index (χ2v) is 6.69. The van der Waals surface area contributed by atoms with Crippen LogP contribution in [0.3, 0.4) is 0 Å². The second-order valence-electron chi connectivity index (χ2n) is 6.25. The molecule has 3 aromatic rings. The van der Waals surface area contributed by atoms with Crippen molar-refractivity contribution in [2.75, 3.05) is 5.32 Å². The van der Waals surface area contributed by atoms with Gasteiger partial charge in [0.25, 0.3) is 5.56 Å². The number of carboxylic acid groups (broad SMARTS) is 1. The normalized spacial score (nSPS) is 10.6. The van der Waals surface area contributed by atoms with Crippen LogP contribution in [0.5, 0.6) is 5.75 Å². The number of phenols is 1. The number of nitrogens with one attached hydrogen (secondary N) is 1. The molecule has 30 heavy (non-hydrogen) atoms. The topological polar surface area (TPSA) is 144 Å². The molecule has 0 fully saturated rings. The van der Waals surface area contributed by atoms with Gasteiger partial charge >= 0.3 is 11.7 Å². The van der Waals surface area contributed by atoms with E-state index in [0.29, 0.717) is 19.8 Å². The van der Waals surface area contributed by atoms with Gasteiger partial charge in [0.1, 0.15) is 11.4 Å². The van der Waals surface area contributed by atoms with Gasteiger partial charge in [-0.1, -0.05) is 23.7 Å². The SMILES string of the molecule is CC(=O)Nc1ccc(O)c(-n2nc(C(=O)O)c(=O)n(Cc3ccc(Cl)cc3)c2=O)c1. The fourth-order valence-electron chi connectivity index (χ4n) is 2.69. The minimum atomic E-state index is -1.64. The Hall–Kier alpha value is -3.92. The molecule has 0 unspecified atom stereocenters. The molecule has 11 heteroatoms. The van der Waals surface area contributed by atoms with E-state index in [2.05, 4.69) is 10.4 Å². The number of carboxylic acids is 1. The fraction of sp³-hybridized carbons (Fsp3) is 0.105. The molecular formula is C19H15ClN4O6. The number of halogens is 1. The minimum Gasteiger partial charge on any atom is -0.506 e. The maximum atomic E-state index is 13.0. The summed E-state index contributed by atoms with van der Waals surface area (Å²) in [5.41, 5.74) is -2.45. The molecule has 1 amide bonds. The molecule has 0 radical (unpaired) electrons. The second kappa shape index (κ2) is 8.21. The molecule has 0 aliphatic heterocycles. The number of rotatable bonds is 5. The summed E-state index contributed by atoms with van der Waals surface area (Å²) in [7, 11) is 0. The number of aromatic nitrogens is 3. The summed E-state index contributed by atoms with van der Waals surface area (Å²) < 4.78 is 1.28. The molecule has 1 aromatic heterocycles. The van der Waals surface area contributed by atoms with E-state index >= 15 is 0 Å². The van der Waals surface area contributed by atoms with Crippen LogP contribution >= 0.6 is 11.6 Å². The van der Waals surface area contributed by atoms with Crippen molar-refractivity contribution in [1.29, 1.82) is 0 Å².